The van der Waals surface area contributed by atoms with E-state index in [9.17, 15) is 30.3 Å². The summed E-state index contributed by atoms with van der Waals surface area (Å²) in [5.74, 6) is 0.215. The van der Waals surface area contributed by atoms with Crippen molar-refractivity contribution in [1.29, 1.82) is 0 Å². The van der Waals surface area contributed by atoms with E-state index in [0.29, 0.717) is 17.8 Å². The van der Waals surface area contributed by atoms with E-state index in [0.717, 1.165) is 57.8 Å². The number of nitrogens with two attached hydrogens (primary N) is 1. The van der Waals surface area contributed by atoms with E-state index in [4.69, 9.17) is 19.9 Å². The van der Waals surface area contributed by atoms with Crippen LogP contribution in [0.15, 0.2) is 0 Å². The molecule has 2 aliphatic heterocycles. The number of aliphatic hydroxyl groups excluding tert-OH is 4. The van der Waals surface area contributed by atoms with Gasteiger partial charge in [-0.05, 0) is 86.9 Å². The summed E-state index contributed by atoms with van der Waals surface area (Å²) in [6, 6.07) is -0.892. The van der Waals surface area contributed by atoms with Gasteiger partial charge in [0.25, 0.3) is 0 Å². The summed E-state index contributed by atoms with van der Waals surface area (Å²) >= 11 is 0. The third kappa shape index (κ3) is 4.07. The molecular weight excluding hydrogens is 506 g/mol. The van der Waals surface area contributed by atoms with Gasteiger partial charge < -0.3 is 45.5 Å². The van der Waals surface area contributed by atoms with Crippen LogP contribution in [0.5, 0.6) is 0 Å². The Morgan fingerprint density at radius 1 is 0.974 bits per heavy atom. The molecule has 39 heavy (non-hydrogen) atoms. The zero-order valence-corrected chi connectivity index (χ0v) is 23.2. The molecule has 6 rings (SSSR count). The molecule has 7 N–H and O–H groups in total. The van der Waals surface area contributed by atoms with Crippen LogP contribution in [0.3, 0.4) is 0 Å². The van der Waals surface area contributed by atoms with Crippen molar-refractivity contribution in [2.24, 2.45) is 46.2 Å². The van der Waals surface area contributed by atoms with Crippen molar-refractivity contribution in [2.45, 2.75) is 127 Å². The molecule has 0 radical (unpaired) electrons. The first-order valence-electron chi connectivity index (χ1n) is 15.1. The van der Waals surface area contributed by atoms with E-state index in [1.54, 1.807) is 0 Å². The van der Waals surface area contributed by atoms with E-state index < -0.39 is 55.1 Å². The Morgan fingerprint density at radius 3 is 2.44 bits per heavy atom. The van der Waals surface area contributed by atoms with Crippen LogP contribution in [0.25, 0.3) is 0 Å². The molecule has 6 fully saturated rings. The number of aliphatic hydroxyl groups is 4. The Morgan fingerprint density at radius 2 is 1.72 bits per heavy atom. The fourth-order valence-electron chi connectivity index (χ4n) is 10.6. The van der Waals surface area contributed by atoms with E-state index >= 15 is 0 Å². The predicted molar refractivity (Wildman–Crippen MR) is 138 cm³/mol. The first kappa shape index (κ1) is 28.3. The highest BCUT2D eigenvalue weighted by Crippen LogP contribution is 2.73. The minimum Gasteiger partial charge on any atom is -0.481 e. The summed E-state index contributed by atoms with van der Waals surface area (Å²) < 4.78 is 18.7. The topological polar surface area (TPSA) is 172 Å². The molecule has 0 unspecified atom stereocenters. The van der Waals surface area contributed by atoms with Crippen LogP contribution in [-0.2, 0) is 19.0 Å². The highest BCUT2D eigenvalue weighted by Gasteiger charge is 2.72. The lowest BCUT2D eigenvalue weighted by Gasteiger charge is -2.67. The number of rotatable bonds is 5. The van der Waals surface area contributed by atoms with Crippen LogP contribution in [-0.4, -0.2) is 86.7 Å². The summed E-state index contributed by atoms with van der Waals surface area (Å²) in [6.45, 7) is 4.31. The lowest BCUT2D eigenvalue weighted by molar-refractivity contribution is -0.334. The van der Waals surface area contributed by atoms with Crippen molar-refractivity contribution in [3.05, 3.63) is 0 Å². The van der Waals surface area contributed by atoms with Gasteiger partial charge in [-0.1, -0.05) is 13.8 Å². The minimum absolute atomic E-state index is 0.0455. The summed E-state index contributed by atoms with van der Waals surface area (Å²) in [4.78, 5) is 11.6. The van der Waals surface area contributed by atoms with Gasteiger partial charge in [0, 0.05) is 11.3 Å². The lowest BCUT2D eigenvalue weighted by atomic mass is 9.42. The first-order chi connectivity index (χ1) is 18.4. The van der Waals surface area contributed by atoms with Gasteiger partial charge in [0.05, 0.1) is 30.8 Å². The Kier molecular flexibility index (Phi) is 7.15. The summed E-state index contributed by atoms with van der Waals surface area (Å²) in [5, 5.41) is 50.6. The van der Waals surface area contributed by atoms with Gasteiger partial charge in [-0.2, -0.15) is 0 Å². The normalized spacial score (nSPS) is 56.8. The van der Waals surface area contributed by atoms with Gasteiger partial charge in [0.1, 0.15) is 18.3 Å². The molecule has 10 nitrogen and oxygen atoms in total. The molecular formula is C29H47NO9. The molecule has 6 aliphatic rings. The van der Waals surface area contributed by atoms with Gasteiger partial charge >= 0.3 is 5.97 Å². The average Bonchev–Trinajstić information content (AvgIpc) is 3.10. The molecule has 0 spiro atoms. The summed E-state index contributed by atoms with van der Waals surface area (Å²) in [7, 11) is 0. The molecule has 2 heterocycles. The van der Waals surface area contributed by atoms with Gasteiger partial charge in [-0.3, -0.25) is 4.79 Å². The number of fused-ring (bicyclic) bond motifs is 3. The highest BCUT2D eigenvalue weighted by molar-refractivity contribution is 5.67. The maximum Gasteiger partial charge on any atom is 0.303 e. The monoisotopic (exact) mass is 553 g/mol. The number of hydrogen-bond donors (Lipinski definition) is 6. The van der Waals surface area contributed by atoms with Gasteiger partial charge in [0.2, 0.25) is 0 Å². The zero-order valence-electron chi connectivity index (χ0n) is 23.2. The van der Waals surface area contributed by atoms with Crippen LogP contribution in [0.1, 0.15) is 78.1 Å². The molecule has 2 bridgehead atoms. The number of carbonyl (C=O) groups is 1. The average molecular weight is 554 g/mol. The maximum absolute atomic E-state index is 11.6. The van der Waals surface area contributed by atoms with E-state index in [1.165, 1.54) is 0 Å². The van der Waals surface area contributed by atoms with Crippen molar-refractivity contribution in [1.82, 2.24) is 0 Å². The van der Waals surface area contributed by atoms with Crippen LogP contribution in [0, 0.1) is 40.4 Å². The maximum atomic E-state index is 11.6. The molecule has 10 heteroatoms. The molecule has 222 valence electrons. The van der Waals surface area contributed by atoms with Crippen LogP contribution >= 0.6 is 0 Å². The largest absolute Gasteiger partial charge is 0.481 e. The van der Waals surface area contributed by atoms with Crippen molar-refractivity contribution >= 4 is 5.97 Å². The quantitative estimate of drug-likeness (QED) is 0.273. The van der Waals surface area contributed by atoms with Crippen molar-refractivity contribution in [2.75, 3.05) is 6.61 Å². The number of aliphatic carboxylic acids is 1. The Hall–Kier alpha value is -0.850. The number of carboxylic acids is 1. The Balaban J connectivity index is 1.17. The van der Waals surface area contributed by atoms with Crippen LogP contribution in [0.2, 0.25) is 0 Å². The molecule has 0 amide bonds. The smallest absolute Gasteiger partial charge is 0.303 e. The number of ether oxygens (including phenoxy) is 3. The first-order valence-corrected chi connectivity index (χ1v) is 15.1. The lowest BCUT2D eigenvalue weighted by Crippen LogP contribution is -2.67. The molecule has 4 aliphatic carbocycles. The van der Waals surface area contributed by atoms with Crippen molar-refractivity contribution in [3.63, 3.8) is 0 Å². The van der Waals surface area contributed by atoms with E-state index in [-0.39, 0.29) is 35.2 Å². The Bertz CT molecular complexity index is 950. The second kappa shape index (κ2) is 9.87. The third-order valence-electron chi connectivity index (χ3n) is 12.7. The fraction of sp³-hybridized carbons (Fsp3) is 0.966. The second-order valence-corrected chi connectivity index (χ2v) is 14.1. The minimum atomic E-state index is -1.25. The molecule has 2 saturated heterocycles. The summed E-state index contributed by atoms with van der Waals surface area (Å²) in [5.41, 5.74) is 5.75. The zero-order chi connectivity index (χ0) is 27.9. The van der Waals surface area contributed by atoms with Gasteiger partial charge in [0.15, 0.2) is 12.6 Å². The highest BCUT2D eigenvalue weighted by atomic mass is 16.7. The molecule has 0 aromatic heterocycles. The van der Waals surface area contributed by atoms with Crippen LogP contribution in [0.4, 0.5) is 0 Å². The second-order valence-electron chi connectivity index (χ2n) is 14.1. The molecule has 4 saturated carbocycles. The number of hydrogen-bond acceptors (Lipinski definition) is 9. The van der Waals surface area contributed by atoms with Crippen molar-refractivity contribution in [3.8, 4) is 0 Å². The third-order valence-corrected chi connectivity index (χ3v) is 12.7. The van der Waals surface area contributed by atoms with E-state index in [1.807, 2.05) is 0 Å². The molecule has 0 aromatic rings. The standard InChI is InChI=1S/C29H47NO9/c1-27-8-5-15(37-26-22(30)24(35)23(34)20(13-31)38-26)11-14(27)3-4-19-18(27)6-9-28(2)17-7-10-29(19,28)39-25(36)16(17)12-21(32)33/h14-20,22-26,31,34-36H,3-13,30H2,1-2H3,(H,32,33)/t14-,15+,16+,17-,18+,19-,20-,22-,23-,24-,25-,26-,27+,28-,29+/m1/s1. The molecule has 15 atom stereocenters. The predicted octanol–water partition coefficient (Wildman–Crippen LogP) is 1.36. The van der Waals surface area contributed by atoms with Crippen molar-refractivity contribution < 1.29 is 44.5 Å². The Labute approximate surface area is 230 Å². The van der Waals surface area contributed by atoms with Gasteiger partial charge in [-0.15, -0.1) is 0 Å². The SMILES string of the molecule is C[C@]12CC[C@H](O[C@@H]3O[C@H](CO)[C@@H](O)[C@H](O)[C@H]3N)C[C@H]1CC[C@@H]1[C@@H]2CC[C@]2(C)[C@@H]3CC[C@]12O[C@@H](O)[C@H]3CC(=O)O. The van der Waals surface area contributed by atoms with Crippen LogP contribution < -0.4 is 5.73 Å². The fourth-order valence-corrected chi connectivity index (χ4v) is 10.6. The van der Waals surface area contributed by atoms with E-state index in [2.05, 4.69) is 13.8 Å². The van der Waals surface area contributed by atoms with Gasteiger partial charge in [-0.25, -0.2) is 0 Å². The molecule has 0 aromatic carbocycles. The number of carboxylic acid groups (broad SMARTS) is 1. The summed E-state index contributed by atoms with van der Waals surface area (Å²) in [6.07, 6.45) is 3.22.